The Morgan fingerprint density at radius 1 is 1.27 bits per heavy atom. The molecular formula is C13H24N2. The van der Waals surface area contributed by atoms with Crippen molar-refractivity contribution in [3.05, 3.63) is 18.0 Å². The Kier molecular flexibility index (Phi) is 4.37. The van der Waals surface area contributed by atoms with Crippen molar-refractivity contribution in [1.29, 1.82) is 0 Å². The summed E-state index contributed by atoms with van der Waals surface area (Å²) in [6, 6.07) is 2.16. The number of nitrogens with zero attached hydrogens (tertiary/aromatic N) is 2. The topological polar surface area (TPSA) is 17.8 Å². The summed E-state index contributed by atoms with van der Waals surface area (Å²) < 4.78 is 2.12. The maximum Gasteiger partial charge on any atom is 0.0492 e. The van der Waals surface area contributed by atoms with Crippen molar-refractivity contribution >= 4 is 0 Å². The van der Waals surface area contributed by atoms with Gasteiger partial charge in [-0.15, -0.1) is 0 Å². The van der Waals surface area contributed by atoms with Crippen molar-refractivity contribution in [2.75, 3.05) is 0 Å². The van der Waals surface area contributed by atoms with E-state index in [1.54, 1.807) is 0 Å². The lowest BCUT2D eigenvalue weighted by molar-refractivity contribution is 0.410. The van der Waals surface area contributed by atoms with E-state index in [1.807, 2.05) is 6.20 Å². The fourth-order valence-electron chi connectivity index (χ4n) is 2.10. The van der Waals surface area contributed by atoms with E-state index in [4.69, 9.17) is 0 Å². The van der Waals surface area contributed by atoms with Crippen LogP contribution >= 0.6 is 0 Å². The van der Waals surface area contributed by atoms with Gasteiger partial charge in [-0.2, -0.15) is 5.10 Å². The van der Waals surface area contributed by atoms with Crippen LogP contribution in [-0.2, 0) is 12.0 Å². The first-order valence-electron chi connectivity index (χ1n) is 6.14. The molecular weight excluding hydrogens is 184 g/mol. The molecule has 0 aliphatic rings. The molecule has 1 heterocycles. The molecule has 0 spiro atoms. The number of rotatable bonds is 6. The maximum atomic E-state index is 4.35. The zero-order valence-electron chi connectivity index (χ0n) is 10.6. The number of aryl methyl sites for hydroxylation is 1. The molecule has 0 radical (unpaired) electrons. The minimum absolute atomic E-state index is 0.266. The van der Waals surface area contributed by atoms with Crippen LogP contribution in [0.3, 0.4) is 0 Å². The summed E-state index contributed by atoms with van der Waals surface area (Å²) in [6.45, 7) is 10.0. The largest absolute Gasteiger partial charge is 0.269 e. The van der Waals surface area contributed by atoms with E-state index in [0.717, 1.165) is 6.54 Å². The van der Waals surface area contributed by atoms with Crippen LogP contribution in [0.15, 0.2) is 12.3 Å². The average molecular weight is 208 g/mol. The van der Waals surface area contributed by atoms with Crippen molar-refractivity contribution in [3.63, 3.8) is 0 Å². The summed E-state index contributed by atoms with van der Waals surface area (Å²) in [5, 5.41) is 4.35. The summed E-state index contributed by atoms with van der Waals surface area (Å²) in [6.07, 6.45) is 7.12. The summed E-state index contributed by atoms with van der Waals surface area (Å²) in [5.41, 5.74) is 1.64. The molecule has 0 aliphatic carbocycles. The molecule has 0 N–H and O–H groups in total. The van der Waals surface area contributed by atoms with Crippen molar-refractivity contribution in [3.8, 4) is 0 Å². The maximum absolute atomic E-state index is 4.35. The van der Waals surface area contributed by atoms with E-state index in [2.05, 4.69) is 43.5 Å². The van der Waals surface area contributed by atoms with Gasteiger partial charge in [0.25, 0.3) is 0 Å². The first-order chi connectivity index (χ1) is 7.11. The van der Waals surface area contributed by atoms with Crippen LogP contribution in [0.2, 0.25) is 0 Å². The van der Waals surface area contributed by atoms with Crippen LogP contribution in [0, 0.1) is 0 Å². The molecule has 0 fully saturated rings. The van der Waals surface area contributed by atoms with Gasteiger partial charge in [0.15, 0.2) is 0 Å². The Hall–Kier alpha value is -0.790. The second kappa shape index (κ2) is 5.34. The van der Waals surface area contributed by atoms with E-state index in [-0.39, 0.29) is 5.41 Å². The summed E-state index contributed by atoms with van der Waals surface area (Å²) in [5.74, 6) is 0. The van der Waals surface area contributed by atoms with Crippen molar-refractivity contribution < 1.29 is 0 Å². The number of hydrogen-bond acceptors (Lipinski definition) is 1. The lowest BCUT2D eigenvalue weighted by Gasteiger charge is -2.25. The van der Waals surface area contributed by atoms with E-state index in [9.17, 15) is 0 Å². The monoisotopic (exact) mass is 208 g/mol. The Bertz CT molecular complexity index is 286. The minimum atomic E-state index is 0.266. The van der Waals surface area contributed by atoms with Crippen LogP contribution in [0.5, 0.6) is 0 Å². The third-order valence-corrected chi connectivity index (χ3v) is 3.11. The Labute approximate surface area is 93.7 Å². The highest BCUT2D eigenvalue weighted by Crippen LogP contribution is 2.28. The van der Waals surface area contributed by atoms with E-state index < -0.39 is 0 Å². The highest BCUT2D eigenvalue weighted by molar-refractivity contribution is 5.13. The van der Waals surface area contributed by atoms with Gasteiger partial charge in [-0.3, -0.25) is 4.68 Å². The van der Waals surface area contributed by atoms with Crippen LogP contribution in [-0.4, -0.2) is 9.78 Å². The zero-order chi connectivity index (χ0) is 11.3. The Balaban J connectivity index is 2.67. The molecule has 2 nitrogen and oxygen atoms in total. The van der Waals surface area contributed by atoms with Gasteiger partial charge in [0, 0.05) is 23.9 Å². The summed E-state index contributed by atoms with van der Waals surface area (Å²) in [4.78, 5) is 0. The lowest BCUT2D eigenvalue weighted by atomic mass is 9.83. The number of hydrogen-bond donors (Lipinski definition) is 0. The highest BCUT2D eigenvalue weighted by atomic mass is 15.3. The predicted octanol–water partition coefficient (Wildman–Crippen LogP) is 3.76. The van der Waals surface area contributed by atoms with Crippen molar-refractivity contribution in [2.45, 2.75) is 65.3 Å². The molecule has 0 bridgehead atoms. The molecule has 0 saturated heterocycles. The van der Waals surface area contributed by atoms with Gasteiger partial charge in [0.1, 0.15) is 0 Å². The van der Waals surface area contributed by atoms with Gasteiger partial charge in [-0.1, -0.05) is 40.0 Å². The zero-order valence-corrected chi connectivity index (χ0v) is 10.6. The van der Waals surface area contributed by atoms with E-state index in [0.29, 0.717) is 0 Å². The Morgan fingerprint density at radius 2 is 2.00 bits per heavy atom. The molecule has 0 unspecified atom stereocenters. The minimum Gasteiger partial charge on any atom is -0.269 e. The molecule has 15 heavy (non-hydrogen) atoms. The first kappa shape index (κ1) is 12.3. The molecule has 0 aromatic carbocycles. The molecule has 86 valence electrons. The van der Waals surface area contributed by atoms with Crippen LogP contribution in [0.1, 0.15) is 59.1 Å². The van der Waals surface area contributed by atoms with Gasteiger partial charge in [-0.25, -0.2) is 0 Å². The van der Waals surface area contributed by atoms with Gasteiger partial charge in [0.05, 0.1) is 0 Å². The quantitative estimate of drug-likeness (QED) is 0.651. The fourth-order valence-corrected chi connectivity index (χ4v) is 2.10. The molecule has 2 heteroatoms. The highest BCUT2D eigenvalue weighted by Gasteiger charge is 2.23. The van der Waals surface area contributed by atoms with E-state index >= 15 is 0 Å². The lowest BCUT2D eigenvalue weighted by Crippen LogP contribution is -2.22. The molecule has 0 amide bonds. The van der Waals surface area contributed by atoms with Gasteiger partial charge < -0.3 is 0 Å². The summed E-state index contributed by atoms with van der Waals surface area (Å²) >= 11 is 0. The molecule has 0 aliphatic heterocycles. The second-order valence-corrected chi connectivity index (χ2v) is 4.87. The number of aromatic nitrogens is 2. The van der Waals surface area contributed by atoms with Crippen molar-refractivity contribution in [2.24, 2.45) is 0 Å². The van der Waals surface area contributed by atoms with Gasteiger partial charge >= 0.3 is 0 Å². The third kappa shape index (κ3) is 3.08. The molecule has 1 aromatic heterocycles. The van der Waals surface area contributed by atoms with Crippen LogP contribution < -0.4 is 0 Å². The standard InChI is InChI=1S/C13H24N2/c1-5-7-8-10-13(3,4)12-9-11-14-15(12)6-2/h9,11H,5-8,10H2,1-4H3. The normalized spacial score (nSPS) is 12.0. The van der Waals surface area contributed by atoms with Crippen LogP contribution in [0.25, 0.3) is 0 Å². The molecule has 0 saturated carbocycles. The third-order valence-electron chi connectivity index (χ3n) is 3.11. The molecule has 0 atom stereocenters. The van der Waals surface area contributed by atoms with Gasteiger partial charge in [-0.05, 0) is 19.4 Å². The number of unbranched alkanes of at least 4 members (excludes halogenated alkanes) is 2. The van der Waals surface area contributed by atoms with Gasteiger partial charge in [0.2, 0.25) is 0 Å². The predicted molar refractivity (Wildman–Crippen MR) is 65.1 cm³/mol. The smallest absolute Gasteiger partial charge is 0.0492 e. The Morgan fingerprint density at radius 3 is 2.60 bits per heavy atom. The fraction of sp³-hybridized carbons (Fsp3) is 0.769. The summed E-state index contributed by atoms with van der Waals surface area (Å²) in [7, 11) is 0. The molecule has 1 aromatic rings. The second-order valence-electron chi connectivity index (χ2n) is 4.87. The van der Waals surface area contributed by atoms with E-state index in [1.165, 1.54) is 31.4 Å². The SMILES string of the molecule is CCCCCC(C)(C)c1ccnn1CC. The first-order valence-corrected chi connectivity index (χ1v) is 6.14. The molecule has 1 rings (SSSR count). The van der Waals surface area contributed by atoms with Crippen molar-refractivity contribution in [1.82, 2.24) is 9.78 Å². The van der Waals surface area contributed by atoms with Crippen LogP contribution in [0.4, 0.5) is 0 Å². The average Bonchev–Trinajstić information content (AvgIpc) is 2.66.